The summed E-state index contributed by atoms with van der Waals surface area (Å²) in [5.74, 6) is -0.0988. The molecule has 1 aromatic rings. The first-order valence-corrected chi connectivity index (χ1v) is 7.34. The molecule has 0 atom stereocenters. The van der Waals surface area contributed by atoms with Gasteiger partial charge in [-0.15, -0.1) is 11.3 Å². The molecule has 1 aromatic heterocycles. The van der Waals surface area contributed by atoms with E-state index in [1.54, 1.807) is 11.8 Å². The fourth-order valence-electron chi connectivity index (χ4n) is 1.13. The van der Waals surface area contributed by atoms with Crippen LogP contribution in [0.25, 0.3) is 0 Å². The van der Waals surface area contributed by atoms with Crippen LogP contribution >= 0.6 is 23.1 Å². The van der Waals surface area contributed by atoms with Crippen LogP contribution in [-0.2, 0) is 11.3 Å². The third kappa shape index (κ3) is 5.18. The van der Waals surface area contributed by atoms with Crippen LogP contribution in [0.5, 0.6) is 0 Å². The monoisotopic (exact) mass is 274 g/mol. The van der Waals surface area contributed by atoms with Crippen molar-refractivity contribution in [2.75, 3.05) is 12.0 Å². The molecule has 2 N–H and O–H groups in total. The molecule has 1 rings (SSSR count). The molecule has 0 bridgehead atoms. The maximum Gasteiger partial charge on any atom is 0.355 e. The average Bonchev–Trinajstić information content (AvgIpc) is 2.75. The molecule has 1 amide bonds. The summed E-state index contributed by atoms with van der Waals surface area (Å²) in [6.07, 6.45) is 3.35. The number of aromatic carboxylic acids is 1. The summed E-state index contributed by atoms with van der Waals surface area (Å²) in [7, 11) is 0. The smallest absolute Gasteiger partial charge is 0.355 e. The predicted octanol–water partition coefficient (Wildman–Crippen LogP) is 1.60. The first-order valence-electron chi connectivity index (χ1n) is 5.07. The summed E-state index contributed by atoms with van der Waals surface area (Å²) in [5.41, 5.74) is 0.0293. The molecule has 0 fully saturated rings. The molecule has 0 aliphatic heterocycles. The number of carbonyl (C=O) groups is 2. The zero-order chi connectivity index (χ0) is 12.7. The van der Waals surface area contributed by atoms with Crippen molar-refractivity contribution in [3.8, 4) is 0 Å². The topological polar surface area (TPSA) is 79.3 Å². The molecular formula is C10H14N2O3S2. The molecule has 0 unspecified atom stereocenters. The minimum atomic E-state index is -1.04. The van der Waals surface area contributed by atoms with Crippen LogP contribution in [0.1, 0.15) is 28.3 Å². The van der Waals surface area contributed by atoms with Crippen molar-refractivity contribution in [2.24, 2.45) is 0 Å². The number of rotatable bonds is 7. The van der Waals surface area contributed by atoms with Gasteiger partial charge in [0.1, 0.15) is 5.01 Å². The Kier molecular flexibility index (Phi) is 5.99. The quantitative estimate of drug-likeness (QED) is 0.738. The molecule has 0 aliphatic rings. The normalized spacial score (nSPS) is 10.2. The molecule has 0 radical (unpaired) electrons. The number of amides is 1. The third-order valence-corrected chi connectivity index (χ3v) is 3.51. The Morgan fingerprint density at radius 2 is 2.35 bits per heavy atom. The Bertz CT molecular complexity index is 393. The second kappa shape index (κ2) is 7.29. The predicted molar refractivity (Wildman–Crippen MR) is 68.5 cm³/mol. The summed E-state index contributed by atoms with van der Waals surface area (Å²) >= 11 is 2.95. The molecule has 1 heterocycles. The summed E-state index contributed by atoms with van der Waals surface area (Å²) in [5, 5.41) is 13.5. The van der Waals surface area contributed by atoms with E-state index in [2.05, 4.69) is 10.3 Å². The van der Waals surface area contributed by atoms with Crippen molar-refractivity contribution in [3.05, 3.63) is 16.1 Å². The van der Waals surface area contributed by atoms with E-state index >= 15 is 0 Å². The number of nitrogens with zero attached hydrogens (tertiary/aromatic N) is 1. The second-order valence-electron chi connectivity index (χ2n) is 3.30. The average molecular weight is 274 g/mol. The van der Waals surface area contributed by atoms with E-state index in [-0.39, 0.29) is 11.6 Å². The largest absolute Gasteiger partial charge is 0.476 e. The van der Waals surface area contributed by atoms with E-state index in [0.29, 0.717) is 18.0 Å². The first-order chi connectivity index (χ1) is 8.13. The van der Waals surface area contributed by atoms with Crippen LogP contribution in [0.15, 0.2) is 5.38 Å². The molecule has 0 saturated carbocycles. The number of carboxylic acids is 1. The number of hydrogen-bond acceptors (Lipinski definition) is 5. The summed E-state index contributed by atoms with van der Waals surface area (Å²) < 4.78 is 0. The van der Waals surface area contributed by atoms with Crippen molar-refractivity contribution >= 4 is 35.0 Å². The van der Waals surface area contributed by atoms with E-state index in [1.807, 2.05) is 6.26 Å². The summed E-state index contributed by atoms with van der Waals surface area (Å²) in [4.78, 5) is 25.8. The van der Waals surface area contributed by atoms with E-state index in [1.165, 1.54) is 16.7 Å². The van der Waals surface area contributed by atoms with E-state index < -0.39 is 5.97 Å². The number of thioether (sulfide) groups is 1. The molecule has 0 saturated heterocycles. The highest BCUT2D eigenvalue weighted by Crippen LogP contribution is 2.09. The van der Waals surface area contributed by atoms with Gasteiger partial charge in [0.15, 0.2) is 5.69 Å². The van der Waals surface area contributed by atoms with Crippen molar-refractivity contribution in [1.29, 1.82) is 0 Å². The second-order valence-corrected chi connectivity index (χ2v) is 5.23. The Labute approximate surface area is 108 Å². The van der Waals surface area contributed by atoms with Crippen LogP contribution in [0.2, 0.25) is 0 Å². The molecule has 94 valence electrons. The van der Waals surface area contributed by atoms with Crippen LogP contribution in [-0.4, -0.2) is 34.0 Å². The Morgan fingerprint density at radius 3 is 2.94 bits per heavy atom. The van der Waals surface area contributed by atoms with Gasteiger partial charge in [0, 0.05) is 11.8 Å². The molecule has 7 heteroatoms. The van der Waals surface area contributed by atoms with Gasteiger partial charge in [-0.05, 0) is 18.4 Å². The minimum Gasteiger partial charge on any atom is -0.476 e. The van der Waals surface area contributed by atoms with Gasteiger partial charge in [-0.3, -0.25) is 4.79 Å². The van der Waals surface area contributed by atoms with E-state index in [4.69, 9.17) is 5.11 Å². The van der Waals surface area contributed by atoms with Crippen LogP contribution in [0.3, 0.4) is 0 Å². The van der Waals surface area contributed by atoms with Gasteiger partial charge < -0.3 is 10.4 Å². The van der Waals surface area contributed by atoms with Crippen molar-refractivity contribution in [3.63, 3.8) is 0 Å². The highest BCUT2D eigenvalue weighted by Gasteiger charge is 2.09. The van der Waals surface area contributed by atoms with E-state index in [0.717, 1.165) is 12.2 Å². The fraction of sp³-hybridized carbons (Fsp3) is 0.500. The summed E-state index contributed by atoms with van der Waals surface area (Å²) in [6.45, 7) is 0.302. The van der Waals surface area contributed by atoms with Gasteiger partial charge in [0.2, 0.25) is 5.91 Å². The Morgan fingerprint density at radius 1 is 1.59 bits per heavy atom. The molecule has 17 heavy (non-hydrogen) atoms. The minimum absolute atomic E-state index is 0.0221. The lowest BCUT2D eigenvalue weighted by atomic mass is 10.3. The molecule has 0 spiro atoms. The van der Waals surface area contributed by atoms with Crippen LogP contribution in [0.4, 0.5) is 0 Å². The lowest BCUT2D eigenvalue weighted by molar-refractivity contribution is -0.121. The van der Waals surface area contributed by atoms with E-state index in [9.17, 15) is 9.59 Å². The summed E-state index contributed by atoms with van der Waals surface area (Å²) in [6, 6.07) is 0. The van der Waals surface area contributed by atoms with Crippen LogP contribution < -0.4 is 5.32 Å². The standard InChI is InChI=1S/C10H14N2O3S2/c1-16-4-2-3-8(13)11-5-9-12-7(6-17-9)10(14)15/h6H,2-5H2,1H3,(H,11,13)(H,14,15). The van der Waals surface area contributed by atoms with Gasteiger partial charge in [-0.25, -0.2) is 9.78 Å². The van der Waals surface area contributed by atoms with Crippen molar-refractivity contribution < 1.29 is 14.7 Å². The molecule has 0 aliphatic carbocycles. The highest BCUT2D eigenvalue weighted by molar-refractivity contribution is 7.98. The number of aromatic nitrogens is 1. The van der Waals surface area contributed by atoms with Gasteiger partial charge in [0.05, 0.1) is 6.54 Å². The molecular weight excluding hydrogens is 260 g/mol. The zero-order valence-electron chi connectivity index (χ0n) is 9.43. The highest BCUT2D eigenvalue weighted by atomic mass is 32.2. The fourth-order valence-corrected chi connectivity index (χ4v) is 2.27. The lowest BCUT2D eigenvalue weighted by Crippen LogP contribution is -2.22. The van der Waals surface area contributed by atoms with Gasteiger partial charge >= 0.3 is 5.97 Å². The lowest BCUT2D eigenvalue weighted by Gasteiger charge is -2.01. The maximum absolute atomic E-state index is 11.4. The maximum atomic E-state index is 11.4. The number of carboxylic acid groups (broad SMARTS) is 1. The van der Waals surface area contributed by atoms with Crippen molar-refractivity contribution in [1.82, 2.24) is 10.3 Å². The molecule has 5 nitrogen and oxygen atoms in total. The molecule has 0 aromatic carbocycles. The number of thiazole rings is 1. The number of carbonyl (C=O) groups excluding carboxylic acids is 1. The number of nitrogens with one attached hydrogen (secondary N) is 1. The van der Waals surface area contributed by atoms with Gasteiger partial charge in [-0.2, -0.15) is 11.8 Å². The Hall–Kier alpha value is -1.08. The zero-order valence-corrected chi connectivity index (χ0v) is 11.1. The third-order valence-electron chi connectivity index (χ3n) is 1.96. The van der Waals surface area contributed by atoms with Crippen LogP contribution in [0, 0.1) is 0 Å². The Balaban J connectivity index is 2.29. The first kappa shape index (κ1) is 14.0. The van der Waals surface area contributed by atoms with Gasteiger partial charge in [0.25, 0.3) is 0 Å². The SMILES string of the molecule is CSCCCC(=O)NCc1nc(C(=O)O)cs1. The number of hydrogen-bond donors (Lipinski definition) is 2. The van der Waals surface area contributed by atoms with Crippen molar-refractivity contribution in [2.45, 2.75) is 19.4 Å². The van der Waals surface area contributed by atoms with Gasteiger partial charge in [-0.1, -0.05) is 0 Å².